The summed E-state index contributed by atoms with van der Waals surface area (Å²) >= 11 is 5.54. The number of fused-ring (bicyclic) bond motifs is 1. The van der Waals surface area contributed by atoms with Crippen molar-refractivity contribution < 1.29 is 4.74 Å². The Labute approximate surface area is 118 Å². The minimum Gasteiger partial charge on any atom is -0.379 e. The number of nitrogens with zero attached hydrogens (tertiary/aromatic N) is 2. The van der Waals surface area contributed by atoms with Crippen LogP contribution in [0.5, 0.6) is 0 Å². The van der Waals surface area contributed by atoms with E-state index in [0.29, 0.717) is 19.1 Å². The normalized spacial score (nSPS) is 11.3. The van der Waals surface area contributed by atoms with Gasteiger partial charge in [-0.15, -0.1) is 11.6 Å². The van der Waals surface area contributed by atoms with Crippen molar-refractivity contribution in [1.82, 2.24) is 15.1 Å². The van der Waals surface area contributed by atoms with Crippen LogP contribution in [0.1, 0.15) is 12.6 Å². The Morgan fingerprint density at radius 3 is 2.95 bits per heavy atom. The molecule has 1 aromatic carbocycles. The van der Waals surface area contributed by atoms with Crippen LogP contribution in [0, 0.1) is 0 Å². The molecule has 2 aromatic rings. The SMILES string of the molecule is CCn1nc(CNCCOCCCl)c2ccccc21. The van der Waals surface area contributed by atoms with Crippen molar-refractivity contribution in [3.05, 3.63) is 30.0 Å². The number of para-hydroxylation sites is 1. The first-order valence-corrected chi connectivity index (χ1v) is 7.19. The quantitative estimate of drug-likeness (QED) is 0.597. The molecular weight excluding hydrogens is 262 g/mol. The molecule has 0 amide bonds. The second kappa shape index (κ2) is 7.48. The first-order chi connectivity index (χ1) is 9.36. The second-order valence-electron chi connectivity index (χ2n) is 4.26. The fraction of sp³-hybridized carbons (Fsp3) is 0.500. The Bertz CT molecular complexity index is 512. The minimum absolute atomic E-state index is 0.547. The topological polar surface area (TPSA) is 39.1 Å². The summed E-state index contributed by atoms with van der Waals surface area (Å²) in [6.07, 6.45) is 0. The zero-order valence-electron chi connectivity index (χ0n) is 11.2. The second-order valence-corrected chi connectivity index (χ2v) is 4.64. The van der Waals surface area contributed by atoms with Gasteiger partial charge in [0.25, 0.3) is 0 Å². The van der Waals surface area contributed by atoms with Gasteiger partial charge < -0.3 is 10.1 Å². The minimum atomic E-state index is 0.547. The van der Waals surface area contributed by atoms with Crippen molar-refractivity contribution in [1.29, 1.82) is 0 Å². The van der Waals surface area contributed by atoms with Gasteiger partial charge in [-0.1, -0.05) is 18.2 Å². The van der Waals surface area contributed by atoms with Crippen LogP contribution >= 0.6 is 11.6 Å². The molecule has 0 bridgehead atoms. The Balaban J connectivity index is 1.93. The predicted molar refractivity (Wildman–Crippen MR) is 78.7 cm³/mol. The third-order valence-electron chi connectivity index (χ3n) is 2.97. The lowest BCUT2D eigenvalue weighted by Gasteiger charge is -2.03. The van der Waals surface area contributed by atoms with Crippen LogP contribution in [0.4, 0.5) is 0 Å². The molecule has 0 fully saturated rings. The molecule has 0 saturated heterocycles. The van der Waals surface area contributed by atoms with E-state index in [4.69, 9.17) is 16.3 Å². The van der Waals surface area contributed by atoms with E-state index in [2.05, 4.69) is 35.5 Å². The first kappa shape index (κ1) is 14.3. The number of hydrogen-bond acceptors (Lipinski definition) is 3. The van der Waals surface area contributed by atoms with E-state index in [1.54, 1.807) is 0 Å². The molecule has 1 heterocycles. The van der Waals surface area contributed by atoms with Gasteiger partial charge in [0, 0.05) is 30.9 Å². The number of ether oxygens (including phenoxy) is 1. The number of aryl methyl sites for hydroxylation is 1. The summed E-state index contributed by atoms with van der Waals surface area (Å²) in [5, 5.41) is 9.20. The Morgan fingerprint density at radius 2 is 2.16 bits per heavy atom. The molecule has 0 atom stereocenters. The zero-order chi connectivity index (χ0) is 13.5. The van der Waals surface area contributed by atoms with Crippen molar-refractivity contribution in [2.45, 2.75) is 20.0 Å². The van der Waals surface area contributed by atoms with E-state index in [9.17, 15) is 0 Å². The van der Waals surface area contributed by atoms with E-state index in [-0.39, 0.29) is 0 Å². The van der Waals surface area contributed by atoms with Gasteiger partial charge in [0.1, 0.15) is 0 Å². The maximum atomic E-state index is 5.54. The highest BCUT2D eigenvalue weighted by Crippen LogP contribution is 2.17. The molecular formula is C14H20ClN3O. The monoisotopic (exact) mass is 281 g/mol. The number of hydrogen-bond donors (Lipinski definition) is 1. The molecule has 2 rings (SSSR count). The molecule has 1 N–H and O–H groups in total. The van der Waals surface area contributed by atoms with E-state index in [1.807, 2.05) is 10.7 Å². The third-order valence-corrected chi connectivity index (χ3v) is 3.13. The van der Waals surface area contributed by atoms with Crippen molar-refractivity contribution in [3.63, 3.8) is 0 Å². The lowest BCUT2D eigenvalue weighted by atomic mass is 10.2. The van der Waals surface area contributed by atoms with Crippen LogP contribution < -0.4 is 5.32 Å². The maximum Gasteiger partial charge on any atom is 0.0841 e. The number of nitrogens with one attached hydrogen (secondary N) is 1. The van der Waals surface area contributed by atoms with E-state index in [1.165, 1.54) is 10.9 Å². The molecule has 4 nitrogen and oxygen atoms in total. The summed E-state index contributed by atoms with van der Waals surface area (Å²) in [5.74, 6) is 0.547. The summed E-state index contributed by atoms with van der Waals surface area (Å²) in [6, 6.07) is 8.33. The van der Waals surface area contributed by atoms with Gasteiger partial charge in [-0.05, 0) is 13.0 Å². The van der Waals surface area contributed by atoms with Crippen molar-refractivity contribution in [2.24, 2.45) is 0 Å². The van der Waals surface area contributed by atoms with Crippen molar-refractivity contribution >= 4 is 22.5 Å². The number of aromatic nitrogens is 2. The molecule has 0 saturated carbocycles. The van der Waals surface area contributed by atoms with Gasteiger partial charge in [-0.3, -0.25) is 4.68 Å². The van der Waals surface area contributed by atoms with Gasteiger partial charge in [0.15, 0.2) is 0 Å². The fourth-order valence-electron chi connectivity index (χ4n) is 2.08. The van der Waals surface area contributed by atoms with Gasteiger partial charge >= 0.3 is 0 Å². The van der Waals surface area contributed by atoms with Crippen LogP contribution in [0.25, 0.3) is 10.9 Å². The molecule has 0 aliphatic rings. The molecule has 5 heteroatoms. The Morgan fingerprint density at radius 1 is 1.32 bits per heavy atom. The van der Waals surface area contributed by atoms with Crippen molar-refractivity contribution in [3.8, 4) is 0 Å². The van der Waals surface area contributed by atoms with Crippen LogP contribution in [-0.2, 0) is 17.8 Å². The van der Waals surface area contributed by atoms with Gasteiger partial charge in [-0.2, -0.15) is 5.10 Å². The highest BCUT2D eigenvalue weighted by Gasteiger charge is 2.07. The molecule has 19 heavy (non-hydrogen) atoms. The van der Waals surface area contributed by atoms with Crippen LogP contribution in [-0.4, -0.2) is 35.4 Å². The number of benzene rings is 1. The van der Waals surface area contributed by atoms with Gasteiger partial charge in [0.2, 0.25) is 0 Å². The molecule has 1 aromatic heterocycles. The van der Waals surface area contributed by atoms with E-state index >= 15 is 0 Å². The Hall–Kier alpha value is -1.10. The first-order valence-electron chi connectivity index (χ1n) is 6.65. The molecule has 0 unspecified atom stereocenters. The van der Waals surface area contributed by atoms with Crippen LogP contribution in [0.3, 0.4) is 0 Å². The molecule has 0 spiro atoms. The van der Waals surface area contributed by atoms with Gasteiger partial charge in [0.05, 0.1) is 24.4 Å². The largest absolute Gasteiger partial charge is 0.379 e. The number of rotatable bonds is 8. The third kappa shape index (κ3) is 3.69. The predicted octanol–water partition coefficient (Wildman–Crippen LogP) is 2.40. The summed E-state index contributed by atoms with van der Waals surface area (Å²) in [6.45, 7) is 5.85. The smallest absolute Gasteiger partial charge is 0.0841 e. The fourth-order valence-corrected chi connectivity index (χ4v) is 2.18. The number of halogens is 1. The lowest BCUT2D eigenvalue weighted by molar-refractivity contribution is 0.150. The van der Waals surface area contributed by atoms with Crippen LogP contribution in [0.15, 0.2) is 24.3 Å². The lowest BCUT2D eigenvalue weighted by Crippen LogP contribution is -2.20. The molecule has 104 valence electrons. The standard InChI is InChI=1S/C14H20ClN3O/c1-2-18-14-6-4-3-5-12(14)13(17-18)11-16-8-10-19-9-7-15/h3-6,16H,2,7-11H2,1H3. The van der Waals surface area contributed by atoms with E-state index in [0.717, 1.165) is 25.3 Å². The highest BCUT2D eigenvalue weighted by molar-refractivity contribution is 6.17. The highest BCUT2D eigenvalue weighted by atomic mass is 35.5. The Kier molecular flexibility index (Phi) is 5.63. The summed E-state index contributed by atoms with van der Waals surface area (Å²) in [5.41, 5.74) is 2.29. The van der Waals surface area contributed by atoms with Crippen molar-refractivity contribution in [2.75, 3.05) is 25.6 Å². The summed E-state index contributed by atoms with van der Waals surface area (Å²) < 4.78 is 7.35. The van der Waals surface area contributed by atoms with Gasteiger partial charge in [-0.25, -0.2) is 0 Å². The number of alkyl halides is 1. The summed E-state index contributed by atoms with van der Waals surface area (Å²) in [4.78, 5) is 0. The average Bonchev–Trinajstić information content (AvgIpc) is 2.81. The molecule has 0 aliphatic carbocycles. The maximum absolute atomic E-state index is 5.54. The zero-order valence-corrected chi connectivity index (χ0v) is 12.0. The van der Waals surface area contributed by atoms with Crippen LogP contribution in [0.2, 0.25) is 0 Å². The van der Waals surface area contributed by atoms with E-state index < -0.39 is 0 Å². The average molecular weight is 282 g/mol. The molecule has 0 radical (unpaired) electrons. The summed E-state index contributed by atoms with van der Waals surface area (Å²) in [7, 11) is 0. The molecule has 0 aliphatic heterocycles.